The highest BCUT2D eigenvalue weighted by molar-refractivity contribution is 5.89. The molecule has 0 aliphatic heterocycles. The van der Waals surface area contributed by atoms with Crippen LogP contribution < -0.4 is 4.74 Å². The second-order valence-corrected chi connectivity index (χ2v) is 4.71. The van der Waals surface area contributed by atoms with E-state index >= 15 is 0 Å². The minimum absolute atomic E-state index is 0.0905. The van der Waals surface area contributed by atoms with Gasteiger partial charge in [0.15, 0.2) is 6.79 Å². The van der Waals surface area contributed by atoms with Crippen molar-refractivity contribution in [3.63, 3.8) is 0 Å². The quantitative estimate of drug-likeness (QED) is 0.656. The van der Waals surface area contributed by atoms with Crippen molar-refractivity contribution in [2.75, 3.05) is 21.0 Å². The average molecular weight is 302 g/mol. The van der Waals surface area contributed by atoms with Crippen molar-refractivity contribution in [2.45, 2.75) is 6.42 Å². The van der Waals surface area contributed by atoms with Crippen LogP contribution >= 0.6 is 0 Å². The lowest BCUT2D eigenvalue weighted by Crippen LogP contribution is -2.06. The summed E-state index contributed by atoms with van der Waals surface area (Å²) >= 11 is 0. The number of hydrogen-bond donors (Lipinski definition) is 1. The summed E-state index contributed by atoms with van der Waals surface area (Å²) in [6, 6.07) is 12.1. The lowest BCUT2D eigenvalue weighted by atomic mass is 10.0. The number of phenols is 1. The Morgan fingerprint density at radius 3 is 2.45 bits per heavy atom. The molecule has 0 fully saturated rings. The normalized spacial score (nSPS) is 10.3. The summed E-state index contributed by atoms with van der Waals surface area (Å²) in [5.74, 6) is 0.372. The standard InChI is InChI=1S/C17H18O5/c1-20-11-22-16-10-14(17(19)21-2)6-5-13(16)9-12-3-7-15(18)8-4-12/h3-8,10,18H,9,11H2,1-2H3. The number of esters is 1. The Labute approximate surface area is 129 Å². The van der Waals surface area contributed by atoms with Crippen molar-refractivity contribution in [3.05, 3.63) is 59.2 Å². The topological polar surface area (TPSA) is 65.0 Å². The van der Waals surface area contributed by atoms with Crippen LogP contribution in [-0.4, -0.2) is 32.1 Å². The minimum Gasteiger partial charge on any atom is -0.508 e. The monoisotopic (exact) mass is 302 g/mol. The molecule has 0 aliphatic rings. The Morgan fingerprint density at radius 2 is 1.82 bits per heavy atom. The molecule has 22 heavy (non-hydrogen) atoms. The van der Waals surface area contributed by atoms with E-state index in [-0.39, 0.29) is 12.5 Å². The van der Waals surface area contributed by atoms with Crippen LogP contribution in [0.15, 0.2) is 42.5 Å². The van der Waals surface area contributed by atoms with Gasteiger partial charge in [0.25, 0.3) is 0 Å². The number of methoxy groups -OCH3 is 2. The summed E-state index contributed by atoms with van der Waals surface area (Å²) in [6.07, 6.45) is 0.612. The molecule has 0 aliphatic carbocycles. The van der Waals surface area contributed by atoms with E-state index in [2.05, 4.69) is 0 Å². The third kappa shape index (κ3) is 3.99. The van der Waals surface area contributed by atoms with E-state index in [4.69, 9.17) is 14.2 Å². The highest BCUT2D eigenvalue weighted by Gasteiger charge is 2.11. The maximum atomic E-state index is 11.6. The van der Waals surface area contributed by atoms with Crippen molar-refractivity contribution < 1.29 is 24.1 Å². The number of carbonyl (C=O) groups excluding carboxylic acids is 1. The van der Waals surface area contributed by atoms with Crippen molar-refractivity contribution in [1.82, 2.24) is 0 Å². The molecule has 0 spiro atoms. The summed E-state index contributed by atoms with van der Waals surface area (Å²) in [5.41, 5.74) is 2.35. The van der Waals surface area contributed by atoms with Crippen LogP contribution in [0.3, 0.4) is 0 Å². The zero-order chi connectivity index (χ0) is 15.9. The number of aromatic hydroxyl groups is 1. The summed E-state index contributed by atoms with van der Waals surface area (Å²) in [6.45, 7) is 0.0905. The van der Waals surface area contributed by atoms with Gasteiger partial charge in [-0.3, -0.25) is 0 Å². The average Bonchev–Trinajstić information content (AvgIpc) is 2.55. The van der Waals surface area contributed by atoms with Gasteiger partial charge >= 0.3 is 5.97 Å². The maximum Gasteiger partial charge on any atom is 0.337 e. The van der Waals surface area contributed by atoms with Crippen LogP contribution in [0.5, 0.6) is 11.5 Å². The predicted molar refractivity (Wildman–Crippen MR) is 81.2 cm³/mol. The van der Waals surface area contributed by atoms with Gasteiger partial charge in [-0.15, -0.1) is 0 Å². The molecule has 0 bridgehead atoms. The number of phenolic OH excluding ortho intramolecular Hbond substituents is 1. The molecular formula is C17H18O5. The van der Waals surface area contributed by atoms with E-state index in [0.29, 0.717) is 17.7 Å². The molecular weight excluding hydrogens is 284 g/mol. The molecule has 5 nitrogen and oxygen atoms in total. The third-order valence-corrected chi connectivity index (χ3v) is 3.15. The Morgan fingerprint density at radius 1 is 1.09 bits per heavy atom. The van der Waals surface area contributed by atoms with Gasteiger partial charge in [-0.25, -0.2) is 4.79 Å². The van der Waals surface area contributed by atoms with E-state index in [1.54, 1.807) is 24.3 Å². The van der Waals surface area contributed by atoms with Crippen LogP contribution in [0, 0.1) is 0 Å². The van der Waals surface area contributed by atoms with Gasteiger partial charge in [0.1, 0.15) is 11.5 Å². The van der Waals surface area contributed by atoms with Gasteiger partial charge in [0, 0.05) is 13.5 Å². The molecule has 2 aromatic rings. The van der Waals surface area contributed by atoms with Gasteiger partial charge in [0.2, 0.25) is 0 Å². The second kappa shape index (κ2) is 7.47. The summed E-state index contributed by atoms with van der Waals surface area (Å²) in [7, 11) is 2.87. The SMILES string of the molecule is COCOc1cc(C(=O)OC)ccc1Cc1ccc(O)cc1. The molecule has 116 valence electrons. The molecule has 5 heteroatoms. The Hall–Kier alpha value is -2.53. The van der Waals surface area contributed by atoms with Gasteiger partial charge in [-0.2, -0.15) is 0 Å². The first kappa shape index (κ1) is 15.9. The van der Waals surface area contributed by atoms with E-state index < -0.39 is 5.97 Å². The highest BCUT2D eigenvalue weighted by Crippen LogP contribution is 2.25. The van der Waals surface area contributed by atoms with Gasteiger partial charge in [0.05, 0.1) is 12.7 Å². The lowest BCUT2D eigenvalue weighted by molar-refractivity contribution is 0.0498. The van der Waals surface area contributed by atoms with Crippen LogP contribution in [0.4, 0.5) is 0 Å². The molecule has 2 aromatic carbocycles. The first-order chi connectivity index (χ1) is 10.6. The van der Waals surface area contributed by atoms with Gasteiger partial charge < -0.3 is 19.3 Å². The Kier molecular flexibility index (Phi) is 5.38. The molecule has 0 unspecified atom stereocenters. The maximum absolute atomic E-state index is 11.6. The molecule has 0 aromatic heterocycles. The molecule has 2 rings (SSSR count). The van der Waals surface area contributed by atoms with Crippen molar-refractivity contribution in [1.29, 1.82) is 0 Å². The Balaban J connectivity index is 2.28. The fourth-order valence-electron chi connectivity index (χ4n) is 2.04. The zero-order valence-corrected chi connectivity index (χ0v) is 12.5. The third-order valence-electron chi connectivity index (χ3n) is 3.15. The summed E-state index contributed by atoms with van der Waals surface area (Å²) in [5, 5.41) is 9.33. The number of hydrogen-bond acceptors (Lipinski definition) is 5. The van der Waals surface area contributed by atoms with Crippen molar-refractivity contribution in [3.8, 4) is 11.5 Å². The van der Waals surface area contributed by atoms with E-state index in [9.17, 15) is 9.90 Å². The van der Waals surface area contributed by atoms with Crippen LogP contribution in [0.1, 0.15) is 21.5 Å². The summed E-state index contributed by atoms with van der Waals surface area (Å²) in [4.78, 5) is 11.6. The number of benzene rings is 2. The number of ether oxygens (including phenoxy) is 3. The first-order valence-corrected chi connectivity index (χ1v) is 6.75. The molecule has 0 amide bonds. The minimum atomic E-state index is -0.418. The second-order valence-electron chi connectivity index (χ2n) is 4.71. The fourth-order valence-corrected chi connectivity index (χ4v) is 2.04. The van der Waals surface area contributed by atoms with Crippen molar-refractivity contribution >= 4 is 5.97 Å². The number of rotatable bonds is 6. The molecule has 0 atom stereocenters. The predicted octanol–water partition coefficient (Wildman–Crippen LogP) is 2.75. The largest absolute Gasteiger partial charge is 0.508 e. The smallest absolute Gasteiger partial charge is 0.337 e. The van der Waals surface area contributed by atoms with Gasteiger partial charge in [-0.1, -0.05) is 18.2 Å². The lowest BCUT2D eigenvalue weighted by Gasteiger charge is -2.12. The fraction of sp³-hybridized carbons (Fsp3) is 0.235. The van der Waals surface area contributed by atoms with Crippen LogP contribution in [0.2, 0.25) is 0 Å². The number of carbonyl (C=O) groups is 1. The first-order valence-electron chi connectivity index (χ1n) is 6.75. The van der Waals surface area contributed by atoms with Crippen LogP contribution in [-0.2, 0) is 15.9 Å². The van der Waals surface area contributed by atoms with Gasteiger partial charge in [-0.05, 0) is 35.4 Å². The van der Waals surface area contributed by atoms with E-state index in [0.717, 1.165) is 11.1 Å². The molecule has 0 saturated heterocycles. The Bertz CT molecular complexity index is 634. The molecule has 0 saturated carbocycles. The molecule has 0 heterocycles. The van der Waals surface area contributed by atoms with E-state index in [1.807, 2.05) is 18.2 Å². The molecule has 1 N–H and O–H groups in total. The summed E-state index contributed by atoms with van der Waals surface area (Å²) < 4.78 is 15.2. The van der Waals surface area contributed by atoms with E-state index in [1.165, 1.54) is 14.2 Å². The molecule has 0 radical (unpaired) electrons. The van der Waals surface area contributed by atoms with Crippen LogP contribution in [0.25, 0.3) is 0 Å². The zero-order valence-electron chi connectivity index (χ0n) is 12.5. The van der Waals surface area contributed by atoms with Crippen molar-refractivity contribution in [2.24, 2.45) is 0 Å². The highest BCUT2D eigenvalue weighted by atomic mass is 16.7.